The van der Waals surface area contributed by atoms with Crippen molar-refractivity contribution in [2.75, 3.05) is 0 Å². The van der Waals surface area contributed by atoms with E-state index in [4.69, 9.17) is 10.7 Å². The number of aromatic nitrogens is 1. The number of hydrogen-bond acceptors (Lipinski definition) is 3. The van der Waals surface area contributed by atoms with Crippen molar-refractivity contribution < 1.29 is 0 Å². The zero-order valence-electron chi connectivity index (χ0n) is 13.1. The maximum Gasteiger partial charge on any atom is 0.0966 e. The first-order chi connectivity index (χ1) is 11.2. The summed E-state index contributed by atoms with van der Waals surface area (Å²) in [5.41, 5.74) is 10.9. The van der Waals surface area contributed by atoms with E-state index in [9.17, 15) is 0 Å². The SMILES string of the molecule is Cc1nc(SCc2ccccc2)ccc1[C@H](N)c1ccccc1. The van der Waals surface area contributed by atoms with Crippen molar-refractivity contribution in [1.82, 2.24) is 4.98 Å². The van der Waals surface area contributed by atoms with Crippen LogP contribution in [0.4, 0.5) is 0 Å². The number of aryl methyl sites for hydroxylation is 1. The summed E-state index contributed by atoms with van der Waals surface area (Å²) >= 11 is 1.75. The standard InChI is InChI=1S/C20H20N2S/c1-15-18(20(21)17-10-6-3-7-11-17)12-13-19(22-15)23-14-16-8-4-2-5-9-16/h2-13,20H,14,21H2,1H3/t20-/m1/s1. The van der Waals surface area contributed by atoms with Crippen molar-refractivity contribution in [2.24, 2.45) is 5.73 Å². The van der Waals surface area contributed by atoms with Gasteiger partial charge in [0.25, 0.3) is 0 Å². The lowest BCUT2D eigenvalue weighted by molar-refractivity contribution is 0.837. The molecule has 23 heavy (non-hydrogen) atoms. The van der Waals surface area contributed by atoms with Crippen LogP contribution in [0, 0.1) is 6.92 Å². The molecule has 0 fully saturated rings. The molecule has 1 heterocycles. The maximum atomic E-state index is 6.39. The van der Waals surface area contributed by atoms with Gasteiger partial charge in [0.2, 0.25) is 0 Å². The first-order valence-electron chi connectivity index (χ1n) is 7.69. The van der Waals surface area contributed by atoms with Crippen molar-refractivity contribution >= 4 is 11.8 Å². The monoisotopic (exact) mass is 320 g/mol. The minimum absolute atomic E-state index is 0.128. The summed E-state index contributed by atoms with van der Waals surface area (Å²) < 4.78 is 0. The third-order valence-corrected chi connectivity index (χ3v) is 4.83. The third-order valence-electron chi connectivity index (χ3n) is 3.82. The molecule has 0 radical (unpaired) electrons. The molecule has 0 aliphatic carbocycles. The van der Waals surface area contributed by atoms with E-state index in [-0.39, 0.29) is 6.04 Å². The molecule has 0 aliphatic rings. The highest BCUT2D eigenvalue weighted by Gasteiger charge is 2.12. The molecule has 0 bridgehead atoms. The van der Waals surface area contributed by atoms with Crippen molar-refractivity contribution in [2.45, 2.75) is 23.7 Å². The van der Waals surface area contributed by atoms with E-state index in [0.717, 1.165) is 27.6 Å². The Balaban J connectivity index is 1.73. The van der Waals surface area contributed by atoms with Gasteiger partial charge in [-0.2, -0.15) is 0 Å². The quantitative estimate of drug-likeness (QED) is 0.691. The second-order valence-corrected chi connectivity index (χ2v) is 6.48. The molecular weight excluding hydrogens is 300 g/mol. The lowest BCUT2D eigenvalue weighted by atomic mass is 9.99. The molecule has 3 aromatic rings. The lowest BCUT2D eigenvalue weighted by Gasteiger charge is -2.15. The number of nitrogens with zero attached hydrogens (tertiary/aromatic N) is 1. The summed E-state index contributed by atoms with van der Waals surface area (Å²) in [6.07, 6.45) is 0. The summed E-state index contributed by atoms with van der Waals surface area (Å²) in [7, 11) is 0. The molecule has 3 heteroatoms. The molecule has 0 spiro atoms. The van der Waals surface area contributed by atoms with E-state index in [1.54, 1.807) is 11.8 Å². The number of pyridine rings is 1. The Kier molecular flexibility index (Phi) is 5.11. The van der Waals surface area contributed by atoms with Gasteiger partial charge in [-0.1, -0.05) is 66.7 Å². The normalized spacial score (nSPS) is 12.1. The summed E-state index contributed by atoms with van der Waals surface area (Å²) in [6, 6.07) is 24.6. The highest BCUT2D eigenvalue weighted by molar-refractivity contribution is 7.98. The van der Waals surface area contributed by atoms with Crippen LogP contribution in [0.5, 0.6) is 0 Å². The van der Waals surface area contributed by atoms with Gasteiger partial charge in [0.15, 0.2) is 0 Å². The lowest BCUT2D eigenvalue weighted by Crippen LogP contribution is -2.13. The van der Waals surface area contributed by atoms with Crippen LogP contribution in [-0.2, 0) is 5.75 Å². The van der Waals surface area contributed by atoms with Gasteiger partial charge >= 0.3 is 0 Å². The number of thioether (sulfide) groups is 1. The van der Waals surface area contributed by atoms with Gasteiger partial charge in [0.1, 0.15) is 0 Å². The van der Waals surface area contributed by atoms with Crippen LogP contribution in [0.15, 0.2) is 77.8 Å². The second kappa shape index (κ2) is 7.44. The van der Waals surface area contributed by atoms with Gasteiger partial charge in [0, 0.05) is 11.4 Å². The van der Waals surface area contributed by atoms with Crippen LogP contribution < -0.4 is 5.73 Å². The zero-order valence-corrected chi connectivity index (χ0v) is 14.0. The van der Waals surface area contributed by atoms with Crippen molar-refractivity contribution in [3.05, 3.63) is 95.2 Å². The van der Waals surface area contributed by atoms with E-state index in [1.807, 2.05) is 31.2 Å². The van der Waals surface area contributed by atoms with E-state index in [1.165, 1.54) is 5.56 Å². The first-order valence-corrected chi connectivity index (χ1v) is 8.67. The van der Waals surface area contributed by atoms with Gasteiger partial charge < -0.3 is 5.73 Å². The molecule has 0 aliphatic heterocycles. The Morgan fingerprint density at radius 3 is 2.22 bits per heavy atom. The summed E-state index contributed by atoms with van der Waals surface area (Å²) in [5, 5.41) is 1.04. The van der Waals surface area contributed by atoms with Gasteiger partial charge in [-0.15, -0.1) is 11.8 Å². The van der Waals surface area contributed by atoms with Crippen LogP contribution in [0.1, 0.15) is 28.4 Å². The van der Waals surface area contributed by atoms with Gasteiger partial charge in [-0.05, 0) is 29.7 Å². The second-order valence-electron chi connectivity index (χ2n) is 5.49. The molecule has 0 amide bonds. The smallest absolute Gasteiger partial charge is 0.0966 e. The molecule has 116 valence electrons. The average molecular weight is 320 g/mol. The first kappa shape index (κ1) is 15.8. The fourth-order valence-electron chi connectivity index (χ4n) is 2.53. The molecule has 2 nitrogen and oxygen atoms in total. The van der Waals surface area contributed by atoms with Crippen LogP contribution in [-0.4, -0.2) is 4.98 Å². The van der Waals surface area contributed by atoms with E-state index in [2.05, 4.69) is 48.5 Å². The van der Waals surface area contributed by atoms with Crippen molar-refractivity contribution in [3.63, 3.8) is 0 Å². The van der Waals surface area contributed by atoms with Crippen LogP contribution in [0.25, 0.3) is 0 Å². The van der Waals surface area contributed by atoms with Crippen LogP contribution in [0.3, 0.4) is 0 Å². The van der Waals surface area contributed by atoms with Gasteiger partial charge in [-0.25, -0.2) is 4.98 Å². The summed E-state index contributed by atoms with van der Waals surface area (Å²) in [5.74, 6) is 0.928. The Hall–Kier alpha value is -2.10. The highest BCUT2D eigenvalue weighted by Crippen LogP contribution is 2.26. The Labute approximate surface area is 141 Å². The van der Waals surface area contributed by atoms with Gasteiger partial charge in [0.05, 0.1) is 11.1 Å². The maximum absolute atomic E-state index is 6.39. The minimum Gasteiger partial charge on any atom is -0.320 e. The van der Waals surface area contributed by atoms with Crippen molar-refractivity contribution in [1.29, 1.82) is 0 Å². The topological polar surface area (TPSA) is 38.9 Å². The Morgan fingerprint density at radius 1 is 0.913 bits per heavy atom. The average Bonchev–Trinajstić information content (AvgIpc) is 2.61. The Morgan fingerprint density at radius 2 is 1.57 bits per heavy atom. The number of rotatable bonds is 5. The number of benzene rings is 2. The molecule has 3 rings (SSSR count). The zero-order chi connectivity index (χ0) is 16.1. The molecule has 0 saturated heterocycles. The minimum atomic E-state index is -0.128. The molecule has 2 aromatic carbocycles. The third kappa shape index (κ3) is 4.01. The fraction of sp³-hybridized carbons (Fsp3) is 0.150. The molecule has 1 aromatic heterocycles. The molecule has 0 unspecified atom stereocenters. The van der Waals surface area contributed by atoms with Crippen LogP contribution in [0.2, 0.25) is 0 Å². The van der Waals surface area contributed by atoms with E-state index < -0.39 is 0 Å². The molecule has 0 saturated carbocycles. The van der Waals surface area contributed by atoms with Crippen LogP contribution >= 0.6 is 11.8 Å². The molecule has 1 atom stereocenters. The van der Waals surface area contributed by atoms with E-state index in [0.29, 0.717) is 0 Å². The van der Waals surface area contributed by atoms with Crippen molar-refractivity contribution in [3.8, 4) is 0 Å². The summed E-state index contributed by atoms with van der Waals surface area (Å²) in [6.45, 7) is 2.03. The van der Waals surface area contributed by atoms with Gasteiger partial charge in [-0.3, -0.25) is 0 Å². The predicted octanol–water partition coefficient (Wildman–Crippen LogP) is 4.73. The highest BCUT2D eigenvalue weighted by atomic mass is 32.2. The predicted molar refractivity (Wildman–Crippen MR) is 97.4 cm³/mol. The number of nitrogens with two attached hydrogens (primary N) is 1. The van der Waals surface area contributed by atoms with E-state index >= 15 is 0 Å². The molecular formula is C20H20N2S. The number of hydrogen-bond donors (Lipinski definition) is 1. The largest absolute Gasteiger partial charge is 0.320 e. The Bertz CT molecular complexity index is 757. The fourth-order valence-corrected chi connectivity index (χ4v) is 3.40. The summed E-state index contributed by atoms with van der Waals surface area (Å²) in [4.78, 5) is 4.72. The molecule has 2 N–H and O–H groups in total.